The lowest BCUT2D eigenvalue weighted by Crippen LogP contribution is -2.54. The van der Waals surface area contributed by atoms with Crippen molar-refractivity contribution < 1.29 is 29.0 Å². The number of hydrogen-bond donors (Lipinski definition) is 3. The van der Waals surface area contributed by atoms with E-state index in [1.54, 1.807) is 24.3 Å². The van der Waals surface area contributed by atoms with Crippen molar-refractivity contribution in [2.45, 2.75) is 31.4 Å². The summed E-state index contributed by atoms with van der Waals surface area (Å²) in [6.07, 6.45) is 1.24. The number of aromatic nitrogens is 2. The summed E-state index contributed by atoms with van der Waals surface area (Å²) in [5.41, 5.74) is 5.71. The molecule has 4 N–H and O–H groups in total. The maximum absolute atomic E-state index is 12.3. The van der Waals surface area contributed by atoms with Crippen LogP contribution in [0.1, 0.15) is 30.8 Å². The van der Waals surface area contributed by atoms with E-state index in [-0.39, 0.29) is 26.1 Å². The number of ether oxygens (including phenoxy) is 2. The second kappa shape index (κ2) is 10.5. The Morgan fingerprint density at radius 2 is 2.09 bits per heavy atom. The molecule has 0 radical (unpaired) electrons. The molecular formula is C21H23Cl2N3O6. The fourth-order valence-electron chi connectivity index (χ4n) is 2.95. The van der Waals surface area contributed by atoms with E-state index in [2.05, 4.69) is 10.1 Å². The Kier molecular flexibility index (Phi) is 7.91. The summed E-state index contributed by atoms with van der Waals surface area (Å²) in [6, 6.07) is 6.64. The highest BCUT2D eigenvalue weighted by Gasteiger charge is 2.37. The van der Waals surface area contributed by atoms with Gasteiger partial charge in [0.25, 0.3) is 0 Å². The molecule has 32 heavy (non-hydrogen) atoms. The van der Waals surface area contributed by atoms with Crippen LogP contribution in [0.3, 0.4) is 0 Å². The minimum Gasteiger partial charge on any atom is -0.483 e. The average molecular weight is 484 g/mol. The smallest absolute Gasteiger partial charge is 0.328 e. The van der Waals surface area contributed by atoms with Crippen molar-refractivity contribution in [2.24, 2.45) is 5.73 Å². The number of hydrogen-bond acceptors (Lipinski definition) is 9. The van der Waals surface area contributed by atoms with Crippen LogP contribution >= 0.6 is 23.2 Å². The van der Waals surface area contributed by atoms with E-state index in [0.717, 1.165) is 0 Å². The summed E-state index contributed by atoms with van der Waals surface area (Å²) in [4.78, 5) is 16.6. The zero-order valence-electron chi connectivity index (χ0n) is 17.3. The van der Waals surface area contributed by atoms with Crippen LogP contribution in [0.5, 0.6) is 5.75 Å². The molecule has 11 heteroatoms. The van der Waals surface area contributed by atoms with E-state index in [9.17, 15) is 9.90 Å². The van der Waals surface area contributed by atoms with Crippen molar-refractivity contribution >= 4 is 40.1 Å². The van der Waals surface area contributed by atoms with Gasteiger partial charge in [0.1, 0.15) is 17.4 Å². The molecule has 2 unspecified atom stereocenters. The van der Waals surface area contributed by atoms with Crippen LogP contribution in [0, 0.1) is 0 Å². The summed E-state index contributed by atoms with van der Waals surface area (Å²) in [6.45, 7) is 1.00. The van der Waals surface area contributed by atoms with Crippen LogP contribution in [0.2, 0.25) is 10.0 Å². The summed E-state index contributed by atoms with van der Waals surface area (Å²) in [5.74, 6) is -0.448. The number of esters is 1. The van der Waals surface area contributed by atoms with Gasteiger partial charge in [0.05, 0.1) is 34.6 Å². The third-order valence-corrected chi connectivity index (χ3v) is 5.30. The van der Waals surface area contributed by atoms with Crippen molar-refractivity contribution in [2.75, 3.05) is 19.8 Å². The number of nitrogens with zero attached hydrogens (tertiary/aromatic N) is 2. The zero-order chi connectivity index (χ0) is 23.3. The molecule has 0 saturated heterocycles. The van der Waals surface area contributed by atoms with Gasteiger partial charge in [0.15, 0.2) is 5.58 Å². The lowest BCUT2D eigenvalue weighted by molar-refractivity contribution is -0.152. The van der Waals surface area contributed by atoms with Gasteiger partial charge in [0, 0.05) is 37.1 Å². The molecule has 2 aromatic heterocycles. The number of aliphatic hydroxyl groups is 2. The second-order valence-electron chi connectivity index (χ2n) is 7.27. The summed E-state index contributed by atoms with van der Waals surface area (Å²) in [7, 11) is 0. The molecule has 3 rings (SSSR count). The Morgan fingerprint density at radius 1 is 1.31 bits per heavy atom. The number of nitrogens with two attached hydrogens (primary N) is 1. The summed E-state index contributed by atoms with van der Waals surface area (Å²) >= 11 is 12.3. The summed E-state index contributed by atoms with van der Waals surface area (Å²) in [5, 5.41) is 23.8. The van der Waals surface area contributed by atoms with Crippen LogP contribution < -0.4 is 10.5 Å². The Hall–Kier alpha value is -2.43. The van der Waals surface area contributed by atoms with Crippen molar-refractivity contribution in [3.05, 3.63) is 51.9 Å². The number of fused-ring (bicyclic) bond motifs is 1. The third kappa shape index (κ3) is 5.48. The molecule has 3 aromatic rings. The quantitative estimate of drug-likeness (QED) is 0.293. The number of carbonyl (C=O) groups is 1. The lowest BCUT2D eigenvalue weighted by atomic mass is 9.94. The molecule has 1 aromatic carbocycles. The first-order chi connectivity index (χ1) is 15.3. The highest BCUT2D eigenvalue weighted by atomic mass is 35.5. The fourth-order valence-corrected chi connectivity index (χ4v) is 3.27. The maximum Gasteiger partial charge on any atom is 0.328 e. The number of rotatable bonds is 10. The maximum atomic E-state index is 12.3. The number of carbonyl (C=O) groups excluding carboxylic acids is 1. The number of halogens is 2. The molecule has 0 spiro atoms. The van der Waals surface area contributed by atoms with Gasteiger partial charge in [-0.1, -0.05) is 28.4 Å². The predicted octanol–water partition coefficient (Wildman–Crippen LogP) is 2.83. The highest BCUT2D eigenvalue weighted by molar-refractivity contribution is 6.32. The number of pyridine rings is 1. The Balaban J connectivity index is 1.80. The molecule has 0 amide bonds. The molecular weight excluding hydrogens is 461 g/mol. The normalized spacial score (nSPS) is 14.2. The zero-order valence-corrected chi connectivity index (χ0v) is 18.8. The fraction of sp³-hybridized carbons (Fsp3) is 0.381. The van der Waals surface area contributed by atoms with E-state index in [4.69, 9.17) is 48.0 Å². The van der Waals surface area contributed by atoms with Crippen molar-refractivity contribution in [1.29, 1.82) is 0 Å². The van der Waals surface area contributed by atoms with Gasteiger partial charge in [-0.15, -0.1) is 0 Å². The molecule has 0 saturated carbocycles. The molecule has 172 valence electrons. The molecule has 2 heterocycles. The second-order valence-corrected chi connectivity index (χ2v) is 8.12. The summed E-state index contributed by atoms with van der Waals surface area (Å²) < 4.78 is 16.3. The van der Waals surface area contributed by atoms with Gasteiger partial charge in [0.2, 0.25) is 0 Å². The standard InChI is InChI=1S/C21H23Cl2N3O6/c1-12(16-4-3-13(22)10-25-16)31-19-8-18-14(7-15(19)23)17(26-32-18)9-21(24,11-28)20(29)30-6-2-5-27/h3-4,7-8,10,12,27-28H,2,5-6,9,11,24H2,1H3. The Morgan fingerprint density at radius 3 is 2.75 bits per heavy atom. The van der Waals surface area contributed by atoms with Gasteiger partial charge >= 0.3 is 5.97 Å². The monoisotopic (exact) mass is 483 g/mol. The Labute approximate surface area is 194 Å². The minimum absolute atomic E-state index is 0.0129. The van der Waals surface area contributed by atoms with Crippen molar-refractivity contribution in [1.82, 2.24) is 10.1 Å². The Bertz CT molecular complexity index is 1080. The van der Waals surface area contributed by atoms with Crippen LogP contribution in [0.15, 0.2) is 35.0 Å². The number of benzene rings is 1. The first-order valence-corrected chi connectivity index (χ1v) is 10.6. The lowest BCUT2D eigenvalue weighted by Gasteiger charge is -2.24. The van der Waals surface area contributed by atoms with Gasteiger partial charge in [-0.3, -0.25) is 4.98 Å². The molecule has 2 atom stereocenters. The van der Waals surface area contributed by atoms with Crippen LogP contribution in [0.4, 0.5) is 0 Å². The van der Waals surface area contributed by atoms with Gasteiger partial charge in [-0.05, 0) is 25.1 Å². The SMILES string of the molecule is CC(Oc1cc2onc(CC(N)(CO)C(=O)OCCCO)c2cc1Cl)c1ccc(Cl)cn1. The first-order valence-electron chi connectivity index (χ1n) is 9.81. The van der Waals surface area contributed by atoms with Crippen molar-refractivity contribution in [3.63, 3.8) is 0 Å². The van der Waals surface area contributed by atoms with Crippen LogP contribution in [-0.4, -0.2) is 51.7 Å². The van der Waals surface area contributed by atoms with Gasteiger partial charge < -0.3 is 29.9 Å². The topological polar surface area (TPSA) is 141 Å². The molecule has 0 bridgehead atoms. The molecule has 9 nitrogen and oxygen atoms in total. The first kappa shape index (κ1) is 24.2. The highest BCUT2D eigenvalue weighted by Crippen LogP contribution is 2.35. The molecule has 0 aliphatic heterocycles. The number of aliphatic hydroxyl groups excluding tert-OH is 2. The molecule has 0 fully saturated rings. The minimum atomic E-state index is -1.73. The third-order valence-electron chi connectivity index (χ3n) is 4.78. The van der Waals surface area contributed by atoms with E-state index in [0.29, 0.717) is 38.2 Å². The van der Waals surface area contributed by atoms with E-state index >= 15 is 0 Å². The molecule has 0 aliphatic carbocycles. The average Bonchev–Trinajstić information content (AvgIpc) is 3.15. The van der Waals surface area contributed by atoms with Crippen LogP contribution in [-0.2, 0) is 16.0 Å². The largest absolute Gasteiger partial charge is 0.483 e. The van der Waals surface area contributed by atoms with Crippen LogP contribution in [0.25, 0.3) is 11.0 Å². The van der Waals surface area contributed by atoms with Gasteiger partial charge in [-0.2, -0.15) is 0 Å². The predicted molar refractivity (Wildman–Crippen MR) is 118 cm³/mol. The van der Waals surface area contributed by atoms with Crippen molar-refractivity contribution in [3.8, 4) is 5.75 Å². The van der Waals surface area contributed by atoms with Gasteiger partial charge in [-0.25, -0.2) is 4.79 Å². The molecule has 0 aliphatic rings. The van der Waals surface area contributed by atoms with E-state index in [1.165, 1.54) is 6.20 Å². The van der Waals surface area contributed by atoms with E-state index < -0.39 is 24.2 Å². The van der Waals surface area contributed by atoms with E-state index in [1.807, 2.05) is 6.92 Å².